The number of aromatic nitrogens is 2. The van der Waals surface area contributed by atoms with E-state index >= 15 is 0 Å². The topological polar surface area (TPSA) is 82.7 Å². The van der Waals surface area contributed by atoms with Crippen molar-refractivity contribution in [3.63, 3.8) is 0 Å². The molecule has 0 bridgehead atoms. The molecule has 1 saturated heterocycles. The number of hydroxylamine groups is 1. The minimum Gasteiger partial charge on any atom is -0.497 e. The molecule has 39 heavy (non-hydrogen) atoms. The van der Waals surface area contributed by atoms with E-state index in [0.29, 0.717) is 17.0 Å². The minimum atomic E-state index is -1.10. The zero-order valence-corrected chi connectivity index (χ0v) is 21.2. The standard InChI is InChI=1S/C31H26N4O4/c1-38-26-19-17-22(18-20-26)28-27(21-33(32-28)24-13-7-3-8-14-24)29-30(35(36)37)31(23-11-5-2-6-12-23)39-34(29)25-15-9-4-10-16-25/h2-21,29-31H,1H3/t29-,30-,31+/m0/s1. The second-order valence-electron chi connectivity index (χ2n) is 9.26. The van der Waals surface area contributed by atoms with Gasteiger partial charge >= 0.3 is 0 Å². The smallest absolute Gasteiger partial charge is 0.272 e. The van der Waals surface area contributed by atoms with Crippen molar-refractivity contribution in [2.75, 3.05) is 12.2 Å². The van der Waals surface area contributed by atoms with Gasteiger partial charge in [0.1, 0.15) is 5.75 Å². The maximum absolute atomic E-state index is 12.8. The number of rotatable bonds is 7. The zero-order chi connectivity index (χ0) is 26.8. The van der Waals surface area contributed by atoms with Gasteiger partial charge in [-0.25, -0.2) is 9.75 Å². The van der Waals surface area contributed by atoms with Gasteiger partial charge in [0.05, 0.1) is 24.2 Å². The maximum atomic E-state index is 12.8. The van der Waals surface area contributed by atoms with Crippen LogP contribution in [-0.4, -0.2) is 27.9 Å². The van der Waals surface area contributed by atoms with Gasteiger partial charge in [0.15, 0.2) is 12.1 Å². The molecule has 0 N–H and O–H groups in total. The average molecular weight is 519 g/mol. The van der Waals surface area contributed by atoms with Gasteiger partial charge < -0.3 is 4.74 Å². The van der Waals surface area contributed by atoms with Gasteiger partial charge in [-0.2, -0.15) is 5.10 Å². The van der Waals surface area contributed by atoms with Crippen LogP contribution in [0.4, 0.5) is 5.69 Å². The second kappa shape index (κ2) is 10.4. The Hall–Kier alpha value is -4.95. The van der Waals surface area contributed by atoms with Crippen molar-refractivity contribution in [2.45, 2.75) is 18.2 Å². The van der Waals surface area contributed by atoms with Crippen LogP contribution in [0.3, 0.4) is 0 Å². The van der Waals surface area contributed by atoms with Crippen molar-refractivity contribution in [3.05, 3.63) is 143 Å². The number of hydrogen-bond acceptors (Lipinski definition) is 6. The van der Waals surface area contributed by atoms with E-state index in [9.17, 15) is 10.1 Å². The molecule has 0 saturated carbocycles. The number of hydrogen-bond donors (Lipinski definition) is 0. The summed E-state index contributed by atoms with van der Waals surface area (Å²) in [5.41, 5.74) is 4.45. The summed E-state index contributed by atoms with van der Waals surface area (Å²) < 4.78 is 7.12. The van der Waals surface area contributed by atoms with Gasteiger partial charge in [0.25, 0.3) is 6.04 Å². The molecule has 0 aliphatic carbocycles. The molecule has 1 aromatic heterocycles. The Labute approximate surface area is 225 Å². The second-order valence-corrected chi connectivity index (χ2v) is 9.26. The highest BCUT2D eigenvalue weighted by molar-refractivity contribution is 5.66. The van der Waals surface area contributed by atoms with Crippen LogP contribution in [0.15, 0.2) is 121 Å². The molecule has 3 atom stereocenters. The maximum Gasteiger partial charge on any atom is 0.272 e. The Kier molecular flexibility index (Phi) is 6.52. The van der Waals surface area contributed by atoms with Crippen LogP contribution >= 0.6 is 0 Å². The summed E-state index contributed by atoms with van der Waals surface area (Å²) in [5, 5.41) is 19.4. The molecule has 0 amide bonds. The van der Waals surface area contributed by atoms with E-state index < -0.39 is 18.2 Å². The lowest BCUT2D eigenvalue weighted by molar-refractivity contribution is -0.531. The highest BCUT2D eigenvalue weighted by atomic mass is 16.7. The number of nitro groups is 1. The summed E-state index contributed by atoms with van der Waals surface area (Å²) >= 11 is 0. The van der Waals surface area contributed by atoms with E-state index in [1.165, 1.54) is 0 Å². The van der Waals surface area contributed by atoms with E-state index in [1.807, 2.05) is 121 Å². The number of ether oxygens (including phenoxy) is 1. The third-order valence-electron chi connectivity index (χ3n) is 6.94. The lowest BCUT2D eigenvalue weighted by Crippen LogP contribution is -2.32. The summed E-state index contributed by atoms with van der Waals surface area (Å²) in [6.45, 7) is 0. The third kappa shape index (κ3) is 4.62. The van der Waals surface area contributed by atoms with Gasteiger partial charge in [-0.15, -0.1) is 0 Å². The molecule has 1 aliphatic rings. The number of para-hydroxylation sites is 2. The van der Waals surface area contributed by atoms with Crippen molar-refractivity contribution in [1.29, 1.82) is 0 Å². The molecular formula is C31H26N4O4. The van der Waals surface area contributed by atoms with Crippen molar-refractivity contribution in [3.8, 4) is 22.7 Å². The number of benzene rings is 4. The molecule has 5 aromatic rings. The first-order valence-corrected chi connectivity index (χ1v) is 12.6. The monoisotopic (exact) mass is 518 g/mol. The fraction of sp³-hybridized carbons (Fsp3) is 0.129. The van der Waals surface area contributed by atoms with Gasteiger partial charge in [0, 0.05) is 22.2 Å². The average Bonchev–Trinajstić information content (AvgIpc) is 3.61. The van der Waals surface area contributed by atoms with Crippen LogP contribution in [0.1, 0.15) is 23.3 Å². The summed E-state index contributed by atoms with van der Waals surface area (Å²) in [4.78, 5) is 19.0. The first-order valence-electron chi connectivity index (χ1n) is 12.6. The first kappa shape index (κ1) is 24.4. The normalized spacial score (nSPS) is 18.7. The Morgan fingerprint density at radius 3 is 2.00 bits per heavy atom. The molecular weight excluding hydrogens is 492 g/mol. The Balaban J connectivity index is 1.56. The van der Waals surface area contributed by atoms with Crippen molar-refractivity contribution >= 4 is 5.69 Å². The predicted molar refractivity (Wildman–Crippen MR) is 148 cm³/mol. The van der Waals surface area contributed by atoms with Crippen LogP contribution in [0, 0.1) is 10.1 Å². The minimum absolute atomic E-state index is 0.233. The molecule has 1 fully saturated rings. The molecule has 4 aromatic carbocycles. The van der Waals surface area contributed by atoms with E-state index in [1.54, 1.807) is 16.9 Å². The molecule has 2 heterocycles. The highest BCUT2D eigenvalue weighted by Gasteiger charge is 2.54. The van der Waals surface area contributed by atoms with Crippen molar-refractivity contribution in [1.82, 2.24) is 9.78 Å². The SMILES string of the molecule is COc1ccc(-c2nn(-c3ccccc3)cc2[C@H]2[C@H]([N+](=O)[O-])[C@@H](c3ccccc3)ON2c2ccccc2)cc1. The van der Waals surface area contributed by atoms with E-state index in [0.717, 1.165) is 22.5 Å². The van der Waals surface area contributed by atoms with Gasteiger partial charge in [-0.05, 0) is 54.1 Å². The summed E-state index contributed by atoms with van der Waals surface area (Å²) in [7, 11) is 1.61. The molecule has 194 valence electrons. The fourth-order valence-electron chi connectivity index (χ4n) is 5.08. The fourth-order valence-corrected chi connectivity index (χ4v) is 5.08. The molecule has 6 rings (SSSR count). The van der Waals surface area contributed by atoms with Crippen molar-refractivity contribution in [2.24, 2.45) is 0 Å². The predicted octanol–water partition coefficient (Wildman–Crippen LogP) is 6.43. The quantitative estimate of drug-likeness (QED) is 0.182. The van der Waals surface area contributed by atoms with Crippen molar-refractivity contribution < 1.29 is 14.5 Å². The first-order chi connectivity index (χ1) is 19.1. The van der Waals surface area contributed by atoms with E-state index in [2.05, 4.69) is 0 Å². The van der Waals surface area contributed by atoms with Crippen LogP contribution in [-0.2, 0) is 4.84 Å². The molecule has 0 radical (unpaired) electrons. The Bertz CT molecular complexity index is 1560. The highest BCUT2D eigenvalue weighted by Crippen LogP contribution is 2.48. The molecule has 8 heteroatoms. The summed E-state index contributed by atoms with van der Waals surface area (Å²) in [6, 6.07) is 34.2. The zero-order valence-electron chi connectivity index (χ0n) is 21.2. The third-order valence-corrected chi connectivity index (χ3v) is 6.94. The Morgan fingerprint density at radius 2 is 1.41 bits per heavy atom. The van der Waals surface area contributed by atoms with E-state index in [-0.39, 0.29) is 4.92 Å². The molecule has 0 unspecified atom stereocenters. The lowest BCUT2D eigenvalue weighted by atomic mass is 9.91. The van der Waals surface area contributed by atoms with Crippen LogP contribution < -0.4 is 9.80 Å². The van der Waals surface area contributed by atoms with E-state index in [4.69, 9.17) is 14.7 Å². The summed E-state index contributed by atoms with van der Waals surface area (Å²) in [6.07, 6.45) is 1.08. The number of anilines is 1. The summed E-state index contributed by atoms with van der Waals surface area (Å²) in [5.74, 6) is 0.713. The molecule has 1 aliphatic heterocycles. The number of nitrogens with zero attached hydrogens (tertiary/aromatic N) is 4. The molecule has 0 spiro atoms. The lowest BCUT2D eigenvalue weighted by Gasteiger charge is -2.24. The van der Waals surface area contributed by atoms with Gasteiger partial charge in [-0.3, -0.25) is 15.0 Å². The van der Waals surface area contributed by atoms with Crippen LogP contribution in [0.2, 0.25) is 0 Å². The van der Waals surface area contributed by atoms with Crippen LogP contribution in [0.25, 0.3) is 16.9 Å². The molecule has 8 nitrogen and oxygen atoms in total. The van der Waals surface area contributed by atoms with Gasteiger partial charge in [-0.1, -0.05) is 66.7 Å². The van der Waals surface area contributed by atoms with Crippen LogP contribution in [0.5, 0.6) is 5.75 Å². The number of methoxy groups -OCH3 is 1. The van der Waals surface area contributed by atoms with Gasteiger partial charge in [0.2, 0.25) is 0 Å². The largest absolute Gasteiger partial charge is 0.497 e. The Morgan fingerprint density at radius 1 is 0.821 bits per heavy atom.